The quantitative estimate of drug-likeness (QED) is 0.886. The lowest BCUT2D eigenvalue weighted by Crippen LogP contribution is -2.48. The molecule has 1 saturated carbocycles. The Morgan fingerprint density at radius 1 is 1.35 bits per heavy atom. The van der Waals surface area contributed by atoms with Gasteiger partial charge in [0.05, 0.1) is 5.54 Å². The Morgan fingerprint density at radius 2 is 2.00 bits per heavy atom. The molecule has 1 aliphatic carbocycles. The molecule has 0 atom stereocenters. The average molecular weight is 276 g/mol. The van der Waals surface area contributed by atoms with Gasteiger partial charge in [-0.3, -0.25) is 0 Å². The number of aromatic nitrogens is 2. The maximum atomic E-state index is 6.05. The summed E-state index contributed by atoms with van der Waals surface area (Å²) in [5.74, 6) is 1.97. The zero-order chi connectivity index (χ0) is 14.8. The van der Waals surface area contributed by atoms with Crippen LogP contribution in [-0.2, 0) is 0 Å². The monoisotopic (exact) mass is 276 g/mol. The topological polar surface area (TPSA) is 63.8 Å². The molecule has 4 nitrogen and oxygen atoms in total. The third-order valence-electron chi connectivity index (χ3n) is 4.46. The second-order valence-corrected chi connectivity index (χ2v) is 6.70. The van der Waals surface area contributed by atoms with Crippen molar-refractivity contribution in [2.75, 3.05) is 11.9 Å². The number of nitrogens with two attached hydrogens (primary N) is 1. The number of nitrogens with zero attached hydrogens (tertiary/aromatic N) is 2. The van der Waals surface area contributed by atoms with Gasteiger partial charge in [-0.05, 0) is 50.5 Å². The lowest BCUT2D eigenvalue weighted by Gasteiger charge is -2.39. The van der Waals surface area contributed by atoms with Gasteiger partial charge in [0, 0.05) is 17.9 Å². The number of rotatable bonds is 4. The third kappa shape index (κ3) is 3.48. The lowest BCUT2D eigenvalue weighted by atomic mass is 9.77. The van der Waals surface area contributed by atoms with Crippen LogP contribution in [0.1, 0.15) is 63.8 Å². The van der Waals surface area contributed by atoms with Crippen LogP contribution in [0.15, 0.2) is 6.07 Å². The Morgan fingerprint density at radius 3 is 2.55 bits per heavy atom. The molecule has 20 heavy (non-hydrogen) atoms. The lowest BCUT2D eigenvalue weighted by molar-refractivity contribution is 0.270. The summed E-state index contributed by atoms with van der Waals surface area (Å²) in [4.78, 5) is 9.21. The van der Waals surface area contributed by atoms with E-state index >= 15 is 0 Å². The van der Waals surface area contributed by atoms with Gasteiger partial charge >= 0.3 is 0 Å². The van der Waals surface area contributed by atoms with Gasteiger partial charge < -0.3 is 11.1 Å². The van der Waals surface area contributed by atoms with E-state index in [1.54, 1.807) is 0 Å². The fourth-order valence-corrected chi connectivity index (χ4v) is 2.88. The molecule has 1 aromatic rings. The fourth-order valence-electron chi connectivity index (χ4n) is 2.88. The minimum absolute atomic E-state index is 0.0193. The maximum Gasteiger partial charge on any atom is 0.223 e. The first-order valence-corrected chi connectivity index (χ1v) is 7.78. The van der Waals surface area contributed by atoms with Gasteiger partial charge in [-0.25, -0.2) is 9.97 Å². The van der Waals surface area contributed by atoms with E-state index in [1.165, 1.54) is 12.8 Å². The molecule has 1 heterocycles. The Hall–Kier alpha value is -1.16. The van der Waals surface area contributed by atoms with E-state index in [1.807, 2.05) is 6.92 Å². The SMILES string of the molecule is Cc1cc(C(C)C)nc(NC2(CN)CCC(C)CC2)n1. The van der Waals surface area contributed by atoms with Crippen LogP contribution in [0.2, 0.25) is 0 Å². The molecule has 3 N–H and O–H groups in total. The van der Waals surface area contributed by atoms with Crippen LogP contribution in [-0.4, -0.2) is 22.1 Å². The van der Waals surface area contributed by atoms with Gasteiger partial charge in [0.15, 0.2) is 0 Å². The fraction of sp³-hybridized carbons (Fsp3) is 0.750. The number of nitrogens with one attached hydrogen (secondary N) is 1. The minimum Gasteiger partial charge on any atom is -0.347 e. The molecule has 1 aliphatic rings. The summed E-state index contributed by atoms with van der Waals surface area (Å²) in [7, 11) is 0. The van der Waals surface area contributed by atoms with Crippen LogP contribution < -0.4 is 11.1 Å². The first-order valence-electron chi connectivity index (χ1n) is 7.78. The van der Waals surface area contributed by atoms with Crippen LogP contribution in [0.25, 0.3) is 0 Å². The van der Waals surface area contributed by atoms with Gasteiger partial charge in [0.2, 0.25) is 5.95 Å². The summed E-state index contributed by atoms with van der Waals surface area (Å²) in [6.07, 6.45) is 4.68. The molecule has 2 rings (SSSR count). The molecule has 1 aromatic heterocycles. The summed E-state index contributed by atoms with van der Waals surface area (Å²) < 4.78 is 0. The van der Waals surface area contributed by atoms with Crippen molar-refractivity contribution >= 4 is 5.95 Å². The Labute approximate surface area is 122 Å². The van der Waals surface area contributed by atoms with Crippen molar-refractivity contribution in [3.05, 3.63) is 17.5 Å². The third-order valence-corrected chi connectivity index (χ3v) is 4.46. The Balaban J connectivity index is 2.19. The normalized spacial score (nSPS) is 26.8. The van der Waals surface area contributed by atoms with Crippen LogP contribution in [0.5, 0.6) is 0 Å². The molecule has 0 unspecified atom stereocenters. The van der Waals surface area contributed by atoms with E-state index in [9.17, 15) is 0 Å². The van der Waals surface area contributed by atoms with Gasteiger partial charge in [0.1, 0.15) is 0 Å². The highest BCUT2D eigenvalue weighted by atomic mass is 15.2. The Bertz CT molecular complexity index is 448. The van der Waals surface area contributed by atoms with E-state index in [4.69, 9.17) is 5.73 Å². The molecular formula is C16H28N4. The largest absolute Gasteiger partial charge is 0.347 e. The van der Waals surface area contributed by atoms with Crippen molar-refractivity contribution in [2.45, 2.75) is 64.8 Å². The first-order chi connectivity index (χ1) is 9.44. The van der Waals surface area contributed by atoms with Crippen molar-refractivity contribution < 1.29 is 0 Å². The molecule has 112 valence electrons. The van der Waals surface area contributed by atoms with Crippen LogP contribution in [0.3, 0.4) is 0 Å². The van der Waals surface area contributed by atoms with Gasteiger partial charge in [-0.15, -0.1) is 0 Å². The minimum atomic E-state index is -0.0193. The maximum absolute atomic E-state index is 6.05. The molecule has 0 aromatic carbocycles. The van der Waals surface area contributed by atoms with E-state index in [-0.39, 0.29) is 5.54 Å². The van der Waals surface area contributed by atoms with Crippen molar-refractivity contribution in [2.24, 2.45) is 11.7 Å². The average Bonchev–Trinajstić information content (AvgIpc) is 2.41. The molecule has 1 fully saturated rings. The second-order valence-electron chi connectivity index (χ2n) is 6.70. The number of hydrogen-bond donors (Lipinski definition) is 2. The van der Waals surface area contributed by atoms with Gasteiger partial charge in [-0.1, -0.05) is 20.8 Å². The zero-order valence-electron chi connectivity index (χ0n) is 13.2. The zero-order valence-corrected chi connectivity index (χ0v) is 13.2. The second kappa shape index (κ2) is 6.08. The molecule has 4 heteroatoms. The van der Waals surface area contributed by atoms with E-state index in [0.717, 1.165) is 36.1 Å². The molecule has 0 radical (unpaired) electrons. The molecule has 0 saturated heterocycles. The van der Waals surface area contributed by atoms with Crippen LogP contribution in [0, 0.1) is 12.8 Å². The van der Waals surface area contributed by atoms with E-state index < -0.39 is 0 Å². The summed E-state index contributed by atoms with van der Waals surface area (Å²) in [6, 6.07) is 2.06. The predicted octanol–water partition coefficient (Wildman–Crippen LogP) is 3.23. The standard InChI is InChI=1S/C16H28N4/c1-11(2)14-9-13(4)18-15(19-14)20-16(10-17)7-5-12(3)6-8-16/h9,11-12H,5-8,10,17H2,1-4H3,(H,18,19,20). The summed E-state index contributed by atoms with van der Waals surface area (Å²) >= 11 is 0. The summed E-state index contributed by atoms with van der Waals surface area (Å²) in [6.45, 7) is 9.31. The molecule has 0 amide bonds. The molecule has 0 bridgehead atoms. The van der Waals surface area contributed by atoms with Gasteiger partial charge in [0.25, 0.3) is 0 Å². The highest BCUT2D eigenvalue weighted by Gasteiger charge is 2.33. The summed E-state index contributed by atoms with van der Waals surface area (Å²) in [5.41, 5.74) is 8.14. The van der Waals surface area contributed by atoms with Gasteiger partial charge in [-0.2, -0.15) is 0 Å². The first kappa shape index (κ1) is 15.2. The predicted molar refractivity (Wildman–Crippen MR) is 83.9 cm³/mol. The van der Waals surface area contributed by atoms with Crippen molar-refractivity contribution in [3.8, 4) is 0 Å². The van der Waals surface area contributed by atoms with Crippen LogP contribution in [0.4, 0.5) is 5.95 Å². The summed E-state index contributed by atoms with van der Waals surface area (Å²) in [5, 5.41) is 3.55. The Kier molecular flexibility index (Phi) is 4.63. The highest BCUT2D eigenvalue weighted by molar-refractivity contribution is 5.33. The number of hydrogen-bond acceptors (Lipinski definition) is 4. The van der Waals surface area contributed by atoms with Crippen molar-refractivity contribution in [1.29, 1.82) is 0 Å². The number of aryl methyl sites for hydroxylation is 1. The van der Waals surface area contributed by atoms with Crippen LogP contribution >= 0.6 is 0 Å². The molecule has 0 aliphatic heterocycles. The smallest absolute Gasteiger partial charge is 0.223 e. The molecule has 0 spiro atoms. The molecular weight excluding hydrogens is 248 g/mol. The van der Waals surface area contributed by atoms with E-state index in [2.05, 4.69) is 42.1 Å². The van der Waals surface area contributed by atoms with Crippen molar-refractivity contribution in [3.63, 3.8) is 0 Å². The van der Waals surface area contributed by atoms with E-state index in [0.29, 0.717) is 12.5 Å². The number of anilines is 1. The van der Waals surface area contributed by atoms with Crippen molar-refractivity contribution in [1.82, 2.24) is 9.97 Å². The highest BCUT2D eigenvalue weighted by Crippen LogP contribution is 2.33.